The molecule has 0 saturated heterocycles. The molecule has 2 atom stereocenters. The number of fused-ring (bicyclic) bond motifs is 1. The first-order valence-electron chi connectivity index (χ1n) is 6.37. The van der Waals surface area contributed by atoms with E-state index < -0.39 is 58.6 Å². The van der Waals surface area contributed by atoms with Crippen LogP contribution in [-0.2, 0) is 4.79 Å². The second kappa shape index (κ2) is 5.13. The predicted octanol–water partition coefficient (Wildman–Crippen LogP) is 1.03. The molecular weight excluding hydrogens is 300 g/mol. The Balaban J connectivity index is 2.47. The molecule has 1 aromatic carbocycles. The van der Waals surface area contributed by atoms with E-state index in [1.165, 1.54) is 6.92 Å². The van der Waals surface area contributed by atoms with Crippen molar-refractivity contribution in [1.82, 2.24) is 4.90 Å². The molecule has 1 aliphatic heterocycles. The Morgan fingerprint density at radius 1 is 1.23 bits per heavy atom. The maximum Gasteiger partial charge on any atom is 0.313 e. The van der Waals surface area contributed by atoms with Crippen LogP contribution >= 0.6 is 0 Å². The number of carboxylic acid groups (broad SMARTS) is 1. The number of hydrogen-bond donors (Lipinski definition) is 2. The Kier molecular flexibility index (Phi) is 3.74. The van der Waals surface area contributed by atoms with Crippen LogP contribution in [0.2, 0.25) is 0 Å². The molecule has 1 aliphatic rings. The molecule has 0 radical (unpaired) electrons. The summed E-state index contributed by atoms with van der Waals surface area (Å²) in [6.45, 7) is 1.62. The maximum absolute atomic E-state index is 13.7. The number of carbonyl (C=O) groups excluding carboxylic acids is 2. The van der Waals surface area contributed by atoms with Crippen LogP contribution in [0.4, 0.5) is 8.78 Å². The average molecular weight is 313 g/mol. The van der Waals surface area contributed by atoms with Gasteiger partial charge in [0.15, 0.2) is 0 Å². The first kappa shape index (κ1) is 16.0. The molecule has 0 saturated carbocycles. The first-order valence-corrected chi connectivity index (χ1v) is 6.37. The standard InChI is InChI=1S/C14H13F2NO5/c1-6(18)14(2,13(21)22)5-17-11(19)9-7(15)3-4-8(16)10(9)12(17)20/h3-4,6,18H,5H2,1-2H3,(H,21,22)/t6-,14+/m1/s1. The number of carbonyl (C=O) groups is 3. The minimum Gasteiger partial charge on any atom is -0.481 e. The van der Waals surface area contributed by atoms with Crippen molar-refractivity contribution >= 4 is 17.8 Å². The lowest BCUT2D eigenvalue weighted by atomic mass is 9.84. The van der Waals surface area contributed by atoms with E-state index in [-0.39, 0.29) is 0 Å². The number of halogens is 2. The van der Waals surface area contributed by atoms with Crippen LogP contribution in [0.1, 0.15) is 34.6 Å². The molecule has 6 nitrogen and oxygen atoms in total. The second-order valence-corrected chi connectivity index (χ2v) is 5.37. The second-order valence-electron chi connectivity index (χ2n) is 5.37. The summed E-state index contributed by atoms with van der Waals surface area (Å²) in [5, 5.41) is 18.8. The summed E-state index contributed by atoms with van der Waals surface area (Å²) in [7, 11) is 0. The van der Waals surface area contributed by atoms with E-state index in [0.29, 0.717) is 17.0 Å². The third-order valence-electron chi connectivity index (χ3n) is 3.92. The van der Waals surface area contributed by atoms with Crippen molar-refractivity contribution in [3.63, 3.8) is 0 Å². The van der Waals surface area contributed by atoms with Gasteiger partial charge in [-0.3, -0.25) is 19.3 Å². The minimum absolute atomic E-state index is 0.442. The fraction of sp³-hybridized carbons (Fsp3) is 0.357. The van der Waals surface area contributed by atoms with Crippen LogP contribution in [0.5, 0.6) is 0 Å². The zero-order chi connectivity index (χ0) is 16.8. The molecule has 1 aromatic rings. The van der Waals surface area contributed by atoms with E-state index in [4.69, 9.17) is 0 Å². The maximum atomic E-state index is 13.7. The number of benzene rings is 1. The topological polar surface area (TPSA) is 94.9 Å². The van der Waals surface area contributed by atoms with Gasteiger partial charge in [-0.25, -0.2) is 8.78 Å². The van der Waals surface area contributed by atoms with Gasteiger partial charge < -0.3 is 10.2 Å². The molecule has 2 N–H and O–H groups in total. The normalized spacial score (nSPS) is 18.1. The Bertz CT molecular complexity index is 647. The largest absolute Gasteiger partial charge is 0.481 e. The summed E-state index contributed by atoms with van der Waals surface area (Å²) in [5.41, 5.74) is -3.30. The summed E-state index contributed by atoms with van der Waals surface area (Å²) in [6.07, 6.45) is -1.40. The highest BCUT2D eigenvalue weighted by Crippen LogP contribution is 2.32. The smallest absolute Gasteiger partial charge is 0.313 e. The molecule has 22 heavy (non-hydrogen) atoms. The number of hydrogen-bond acceptors (Lipinski definition) is 4. The van der Waals surface area contributed by atoms with Crippen molar-refractivity contribution < 1.29 is 33.4 Å². The molecule has 0 unspecified atom stereocenters. The SMILES string of the molecule is C[C@@H](O)[C@](C)(CN1C(=O)c2c(F)ccc(F)c2C1=O)C(=O)O. The van der Waals surface area contributed by atoms with Crippen molar-refractivity contribution in [2.45, 2.75) is 20.0 Å². The van der Waals surface area contributed by atoms with Gasteiger partial charge in [0.2, 0.25) is 0 Å². The van der Waals surface area contributed by atoms with Crippen molar-refractivity contribution in [3.8, 4) is 0 Å². The molecule has 8 heteroatoms. The van der Waals surface area contributed by atoms with Crippen LogP contribution in [0, 0.1) is 17.0 Å². The fourth-order valence-corrected chi connectivity index (χ4v) is 2.18. The van der Waals surface area contributed by atoms with Gasteiger partial charge in [-0.15, -0.1) is 0 Å². The van der Waals surface area contributed by atoms with Gasteiger partial charge in [0.25, 0.3) is 11.8 Å². The zero-order valence-electron chi connectivity index (χ0n) is 11.8. The first-order chi connectivity index (χ1) is 10.1. The van der Waals surface area contributed by atoms with Crippen molar-refractivity contribution in [2.75, 3.05) is 6.54 Å². The highest BCUT2D eigenvalue weighted by atomic mass is 19.1. The molecule has 118 valence electrons. The van der Waals surface area contributed by atoms with Crippen LogP contribution in [0.3, 0.4) is 0 Å². The lowest BCUT2D eigenvalue weighted by molar-refractivity contribution is -0.154. The van der Waals surface area contributed by atoms with Gasteiger partial charge in [-0.1, -0.05) is 0 Å². The van der Waals surface area contributed by atoms with E-state index in [9.17, 15) is 33.4 Å². The lowest BCUT2D eigenvalue weighted by Crippen LogP contribution is -2.49. The number of aliphatic hydroxyl groups excluding tert-OH is 1. The van der Waals surface area contributed by atoms with E-state index in [2.05, 4.69) is 0 Å². The number of nitrogens with zero attached hydrogens (tertiary/aromatic N) is 1. The summed E-state index contributed by atoms with van der Waals surface area (Å²) in [4.78, 5) is 36.0. The molecule has 1 heterocycles. The van der Waals surface area contributed by atoms with Crippen molar-refractivity contribution in [2.24, 2.45) is 5.41 Å². The summed E-state index contributed by atoms with van der Waals surface area (Å²) < 4.78 is 27.4. The highest BCUT2D eigenvalue weighted by Gasteiger charge is 2.47. The number of aliphatic hydroxyl groups is 1. The third kappa shape index (κ3) is 2.16. The Morgan fingerprint density at radius 2 is 1.64 bits per heavy atom. The van der Waals surface area contributed by atoms with Gasteiger partial charge in [0.1, 0.15) is 17.0 Å². The van der Waals surface area contributed by atoms with E-state index in [1.54, 1.807) is 0 Å². The Hall–Kier alpha value is -2.35. The quantitative estimate of drug-likeness (QED) is 0.810. The van der Waals surface area contributed by atoms with Gasteiger partial charge in [0, 0.05) is 6.54 Å². The van der Waals surface area contributed by atoms with Gasteiger partial charge >= 0.3 is 5.97 Å². The van der Waals surface area contributed by atoms with E-state index >= 15 is 0 Å². The summed E-state index contributed by atoms with van der Waals surface area (Å²) in [6, 6.07) is 1.43. The summed E-state index contributed by atoms with van der Waals surface area (Å²) >= 11 is 0. The monoisotopic (exact) mass is 313 g/mol. The number of imide groups is 1. The van der Waals surface area contributed by atoms with Gasteiger partial charge in [-0.2, -0.15) is 0 Å². The average Bonchev–Trinajstić information content (AvgIpc) is 2.68. The van der Waals surface area contributed by atoms with Crippen molar-refractivity contribution in [1.29, 1.82) is 0 Å². The molecule has 0 aromatic heterocycles. The Morgan fingerprint density at radius 3 is 1.95 bits per heavy atom. The van der Waals surface area contributed by atoms with Crippen LogP contribution in [-0.4, -0.2) is 45.5 Å². The van der Waals surface area contributed by atoms with Crippen LogP contribution in [0.15, 0.2) is 12.1 Å². The van der Waals surface area contributed by atoms with Crippen LogP contribution in [0.25, 0.3) is 0 Å². The zero-order valence-corrected chi connectivity index (χ0v) is 11.8. The molecule has 0 fully saturated rings. The minimum atomic E-state index is -1.86. The molecule has 2 rings (SSSR count). The lowest BCUT2D eigenvalue weighted by Gasteiger charge is -2.31. The predicted molar refractivity (Wildman–Crippen MR) is 69.1 cm³/mol. The van der Waals surface area contributed by atoms with Gasteiger partial charge in [0.05, 0.1) is 17.2 Å². The molecule has 0 aliphatic carbocycles. The van der Waals surface area contributed by atoms with Gasteiger partial charge in [-0.05, 0) is 26.0 Å². The fourth-order valence-electron chi connectivity index (χ4n) is 2.18. The molecular formula is C14H13F2NO5. The number of aliphatic carboxylic acids is 1. The van der Waals surface area contributed by atoms with E-state index in [1.807, 2.05) is 0 Å². The Labute approximate surface area is 124 Å². The summed E-state index contributed by atoms with van der Waals surface area (Å²) in [5.74, 6) is -5.81. The number of carboxylic acids is 1. The van der Waals surface area contributed by atoms with E-state index in [0.717, 1.165) is 6.92 Å². The van der Waals surface area contributed by atoms with Crippen LogP contribution < -0.4 is 0 Å². The molecule has 2 amide bonds. The number of rotatable bonds is 4. The van der Waals surface area contributed by atoms with Crippen molar-refractivity contribution in [3.05, 3.63) is 34.9 Å². The molecule has 0 spiro atoms. The highest BCUT2D eigenvalue weighted by molar-refractivity contribution is 6.21. The third-order valence-corrected chi connectivity index (χ3v) is 3.92. The molecule has 0 bridgehead atoms. The number of amides is 2.